The Bertz CT molecular complexity index is 574. The lowest BCUT2D eigenvalue weighted by Gasteiger charge is -2.18. The van der Waals surface area contributed by atoms with E-state index in [4.69, 9.17) is 0 Å². The van der Waals surface area contributed by atoms with Crippen molar-refractivity contribution in [3.05, 3.63) is 29.8 Å². The van der Waals surface area contributed by atoms with Gasteiger partial charge in [0, 0.05) is 13.1 Å². The van der Waals surface area contributed by atoms with Crippen LogP contribution in [-0.2, 0) is 10.0 Å². The van der Waals surface area contributed by atoms with Gasteiger partial charge in [0.1, 0.15) is 0 Å². The predicted molar refractivity (Wildman–Crippen MR) is 86.4 cm³/mol. The molecule has 2 aliphatic rings. The van der Waals surface area contributed by atoms with E-state index in [1.54, 1.807) is 16.4 Å². The SMILES string of the molecule is CC(C)c1ccc(S(=O)(=O)N2C[C@H]3CNC[C@H]3C2)cc1.Cl. The molecule has 4 nitrogen and oxygen atoms in total. The van der Waals surface area contributed by atoms with Gasteiger partial charge in [0.2, 0.25) is 10.0 Å². The van der Waals surface area contributed by atoms with Crippen LogP contribution in [0.2, 0.25) is 0 Å². The van der Waals surface area contributed by atoms with Crippen LogP contribution in [0, 0.1) is 11.8 Å². The molecular formula is C15H23ClN2O2S. The van der Waals surface area contributed by atoms with Crippen LogP contribution in [-0.4, -0.2) is 38.9 Å². The largest absolute Gasteiger partial charge is 0.316 e. The van der Waals surface area contributed by atoms with Gasteiger partial charge in [-0.3, -0.25) is 0 Å². The number of fused-ring (bicyclic) bond motifs is 1. The smallest absolute Gasteiger partial charge is 0.243 e. The van der Waals surface area contributed by atoms with Gasteiger partial charge in [0.25, 0.3) is 0 Å². The second-order valence-corrected chi connectivity index (χ2v) is 8.16. The van der Waals surface area contributed by atoms with E-state index in [2.05, 4.69) is 19.2 Å². The van der Waals surface area contributed by atoms with Gasteiger partial charge >= 0.3 is 0 Å². The number of halogens is 1. The number of nitrogens with zero attached hydrogens (tertiary/aromatic N) is 1. The van der Waals surface area contributed by atoms with Crippen molar-refractivity contribution in [1.82, 2.24) is 9.62 Å². The number of hydrogen-bond donors (Lipinski definition) is 1. The number of sulfonamides is 1. The molecule has 0 bridgehead atoms. The molecule has 2 atom stereocenters. The maximum Gasteiger partial charge on any atom is 0.243 e. The standard InChI is InChI=1S/C15H22N2O2S.ClH/c1-11(2)12-3-5-15(6-4-12)20(18,19)17-9-13-7-16-8-14(13)10-17;/h3-6,11,13-14,16H,7-10H2,1-2H3;1H/t13-,14+;. The zero-order valence-corrected chi connectivity index (χ0v) is 14.1. The zero-order valence-electron chi connectivity index (χ0n) is 12.5. The summed E-state index contributed by atoms with van der Waals surface area (Å²) in [6, 6.07) is 7.35. The van der Waals surface area contributed by atoms with Crippen LogP contribution in [0.5, 0.6) is 0 Å². The third kappa shape index (κ3) is 3.11. The van der Waals surface area contributed by atoms with Gasteiger partial charge < -0.3 is 5.32 Å². The second kappa shape index (κ2) is 6.24. The van der Waals surface area contributed by atoms with Gasteiger partial charge in [0.05, 0.1) is 4.90 Å². The molecule has 0 unspecified atom stereocenters. The minimum atomic E-state index is -3.32. The highest BCUT2D eigenvalue weighted by Crippen LogP contribution is 2.31. The minimum absolute atomic E-state index is 0. The fourth-order valence-corrected chi connectivity index (χ4v) is 4.74. The Morgan fingerprint density at radius 1 is 1.10 bits per heavy atom. The van der Waals surface area contributed by atoms with Crippen LogP contribution in [0.25, 0.3) is 0 Å². The fourth-order valence-electron chi connectivity index (χ4n) is 3.18. The molecule has 1 aromatic carbocycles. The van der Waals surface area contributed by atoms with Crippen LogP contribution < -0.4 is 5.32 Å². The molecule has 0 radical (unpaired) electrons. The van der Waals surface area contributed by atoms with Crippen molar-refractivity contribution in [2.45, 2.75) is 24.7 Å². The molecule has 0 aliphatic carbocycles. The van der Waals surface area contributed by atoms with Crippen molar-refractivity contribution in [2.24, 2.45) is 11.8 Å². The van der Waals surface area contributed by atoms with Crippen molar-refractivity contribution in [2.75, 3.05) is 26.2 Å². The molecule has 1 N–H and O–H groups in total. The first-order valence-corrected chi connectivity index (χ1v) is 8.73. The van der Waals surface area contributed by atoms with Crippen molar-refractivity contribution in [3.63, 3.8) is 0 Å². The maximum absolute atomic E-state index is 12.7. The van der Waals surface area contributed by atoms with Gasteiger partial charge in [-0.15, -0.1) is 12.4 Å². The summed E-state index contributed by atoms with van der Waals surface area (Å²) < 4.78 is 27.0. The van der Waals surface area contributed by atoms with E-state index >= 15 is 0 Å². The summed E-state index contributed by atoms with van der Waals surface area (Å²) >= 11 is 0. The maximum atomic E-state index is 12.7. The number of nitrogens with one attached hydrogen (secondary N) is 1. The average molecular weight is 331 g/mol. The molecule has 0 spiro atoms. The van der Waals surface area contributed by atoms with Gasteiger partial charge in [-0.05, 0) is 48.5 Å². The van der Waals surface area contributed by atoms with Crippen LogP contribution in [0.4, 0.5) is 0 Å². The lowest BCUT2D eigenvalue weighted by Crippen LogP contribution is -2.31. The Morgan fingerprint density at radius 2 is 1.62 bits per heavy atom. The molecule has 0 amide bonds. The highest BCUT2D eigenvalue weighted by Gasteiger charge is 2.41. The summed E-state index contributed by atoms with van der Waals surface area (Å²) in [5, 5.41) is 3.33. The lowest BCUT2D eigenvalue weighted by molar-refractivity contribution is 0.448. The van der Waals surface area contributed by atoms with Gasteiger partial charge in [0.15, 0.2) is 0 Å². The average Bonchev–Trinajstić information content (AvgIpc) is 2.99. The summed E-state index contributed by atoms with van der Waals surface area (Å²) in [6.45, 7) is 7.43. The molecule has 2 fully saturated rings. The second-order valence-electron chi connectivity index (χ2n) is 6.22. The van der Waals surface area contributed by atoms with E-state index in [1.165, 1.54) is 5.56 Å². The molecule has 2 aliphatic heterocycles. The number of rotatable bonds is 3. The van der Waals surface area contributed by atoms with Crippen molar-refractivity contribution >= 4 is 22.4 Å². The molecule has 0 aromatic heterocycles. The first kappa shape index (κ1) is 16.7. The molecule has 118 valence electrons. The minimum Gasteiger partial charge on any atom is -0.316 e. The van der Waals surface area contributed by atoms with E-state index in [-0.39, 0.29) is 12.4 Å². The topological polar surface area (TPSA) is 49.4 Å². The number of benzene rings is 1. The quantitative estimate of drug-likeness (QED) is 0.923. The molecule has 3 rings (SSSR count). The first-order chi connectivity index (χ1) is 9.48. The molecule has 2 heterocycles. The Kier molecular flexibility index (Phi) is 4.98. The van der Waals surface area contributed by atoms with E-state index in [0.717, 1.165) is 13.1 Å². The third-order valence-corrected chi connectivity index (χ3v) is 6.39. The third-order valence-electron chi connectivity index (χ3n) is 4.54. The Hall–Kier alpha value is -0.620. The summed E-state index contributed by atoms with van der Waals surface area (Å²) in [5.74, 6) is 1.39. The molecular weight excluding hydrogens is 308 g/mol. The Morgan fingerprint density at radius 3 is 2.10 bits per heavy atom. The summed E-state index contributed by atoms with van der Waals surface area (Å²) in [5.41, 5.74) is 1.17. The first-order valence-electron chi connectivity index (χ1n) is 7.29. The zero-order chi connectivity index (χ0) is 14.3. The Balaban J connectivity index is 0.00000161. The normalized spacial score (nSPS) is 25.9. The lowest BCUT2D eigenvalue weighted by atomic mass is 10.0. The predicted octanol–water partition coefficient (Wildman–Crippen LogP) is 2.07. The van der Waals surface area contributed by atoms with Gasteiger partial charge in [-0.1, -0.05) is 26.0 Å². The van der Waals surface area contributed by atoms with Crippen molar-refractivity contribution in [1.29, 1.82) is 0 Å². The molecule has 21 heavy (non-hydrogen) atoms. The van der Waals surface area contributed by atoms with E-state index in [0.29, 0.717) is 35.7 Å². The van der Waals surface area contributed by atoms with Crippen molar-refractivity contribution in [3.8, 4) is 0 Å². The van der Waals surface area contributed by atoms with Crippen LogP contribution in [0.1, 0.15) is 25.3 Å². The van der Waals surface area contributed by atoms with Crippen molar-refractivity contribution < 1.29 is 8.42 Å². The molecule has 2 saturated heterocycles. The van der Waals surface area contributed by atoms with Gasteiger partial charge in [-0.25, -0.2) is 8.42 Å². The molecule has 6 heteroatoms. The van der Waals surface area contributed by atoms with E-state index in [1.807, 2.05) is 12.1 Å². The van der Waals surface area contributed by atoms with Gasteiger partial charge in [-0.2, -0.15) is 4.31 Å². The van der Waals surface area contributed by atoms with Crippen LogP contribution >= 0.6 is 12.4 Å². The van der Waals surface area contributed by atoms with E-state index in [9.17, 15) is 8.42 Å². The van der Waals surface area contributed by atoms with Crippen LogP contribution in [0.15, 0.2) is 29.2 Å². The summed E-state index contributed by atoms with van der Waals surface area (Å²) in [7, 11) is -3.32. The fraction of sp³-hybridized carbons (Fsp3) is 0.600. The summed E-state index contributed by atoms with van der Waals surface area (Å²) in [6.07, 6.45) is 0. The monoisotopic (exact) mass is 330 g/mol. The highest BCUT2D eigenvalue weighted by molar-refractivity contribution is 7.89. The van der Waals surface area contributed by atoms with E-state index < -0.39 is 10.0 Å². The summed E-state index contributed by atoms with van der Waals surface area (Å²) in [4.78, 5) is 0.426. The van der Waals surface area contributed by atoms with Crippen LogP contribution in [0.3, 0.4) is 0 Å². The molecule has 0 saturated carbocycles. The Labute approximate surface area is 133 Å². The molecule has 1 aromatic rings. The number of hydrogen-bond acceptors (Lipinski definition) is 3. The highest BCUT2D eigenvalue weighted by atomic mass is 35.5.